The van der Waals surface area contributed by atoms with Crippen LogP contribution in [0.5, 0.6) is 0 Å². The molecule has 0 saturated heterocycles. The molecule has 0 aliphatic carbocycles. The summed E-state index contributed by atoms with van der Waals surface area (Å²) in [7, 11) is -3.76. The molecule has 0 aliphatic rings. The number of hydrogen-bond donors (Lipinski definition) is 2. The Balaban J connectivity index is 2.32. The minimum Gasteiger partial charge on any atom is -0.326 e. The van der Waals surface area contributed by atoms with E-state index in [1.807, 2.05) is 0 Å². The van der Waals surface area contributed by atoms with Gasteiger partial charge in [-0.3, -0.25) is 4.72 Å². The molecule has 3 N–H and O–H groups in total. The van der Waals surface area contributed by atoms with Crippen molar-refractivity contribution in [2.45, 2.75) is 11.4 Å². The maximum Gasteiger partial charge on any atom is 0.261 e. The average Bonchev–Trinajstić information content (AvgIpc) is 2.43. The van der Waals surface area contributed by atoms with E-state index in [4.69, 9.17) is 5.73 Å². The first-order chi connectivity index (χ1) is 9.42. The summed E-state index contributed by atoms with van der Waals surface area (Å²) in [5, 5.41) is 0. The molecule has 4 nitrogen and oxygen atoms in total. The molecule has 0 bridgehead atoms. The van der Waals surface area contributed by atoms with E-state index in [0.29, 0.717) is 5.56 Å². The zero-order chi connectivity index (χ0) is 14.8. The van der Waals surface area contributed by atoms with Crippen LogP contribution >= 0.6 is 15.9 Å². The second-order valence-corrected chi connectivity index (χ2v) is 6.62. The molecule has 0 amide bonds. The molecule has 0 fully saturated rings. The molecule has 7 heteroatoms. The largest absolute Gasteiger partial charge is 0.326 e. The van der Waals surface area contributed by atoms with E-state index in [1.165, 1.54) is 24.3 Å². The second-order valence-electron chi connectivity index (χ2n) is 4.09. The van der Waals surface area contributed by atoms with Crippen LogP contribution in [-0.4, -0.2) is 8.42 Å². The Labute approximate surface area is 125 Å². The molecule has 0 atom stereocenters. The number of rotatable bonds is 4. The fourth-order valence-corrected chi connectivity index (χ4v) is 2.98. The van der Waals surface area contributed by atoms with Gasteiger partial charge in [-0.2, -0.15) is 0 Å². The number of benzene rings is 2. The number of nitrogens with two attached hydrogens (primary N) is 1. The topological polar surface area (TPSA) is 72.2 Å². The van der Waals surface area contributed by atoms with Gasteiger partial charge in [-0.15, -0.1) is 0 Å². The molecule has 0 aromatic heterocycles. The third-order valence-electron chi connectivity index (χ3n) is 2.62. The standard InChI is InChI=1S/C13H12BrFN2O2S/c14-12-5-4-10(7-13(12)15)17-20(18,19)11-3-1-2-9(6-11)8-16/h1-7,17H,8,16H2. The molecule has 0 radical (unpaired) electrons. The lowest BCUT2D eigenvalue weighted by atomic mass is 10.2. The van der Waals surface area contributed by atoms with Crippen LogP contribution in [0.2, 0.25) is 0 Å². The summed E-state index contributed by atoms with van der Waals surface area (Å²) in [6.45, 7) is 0.246. The molecule has 0 saturated carbocycles. The first-order valence-corrected chi connectivity index (χ1v) is 7.97. The Morgan fingerprint density at radius 2 is 1.95 bits per heavy atom. The summed E-state index contributed by atoms with van der Waals surface area (Å²) in [5.74, 6) is -0.541. The Morgan fingerprint density at radius 1 is 1.20 bits per heavy atom. The molecule has 0 spiro atoms. The van der Waals surface area contributed by atoms with Crippen molar-refractivity contribution in [1.82, 2.24) is 0 Å². The van der Waals surface area contributed by atoms with Crippen molar-refractivity contribution in [3.63, 3.8) is 0 Å². The van der Waals surface area contributed by atoms with Gasteiger partial charge >= 0.3 is 0 Å². The Hall–Kier alpha value is -1.44. The molecule has 0 heterocycles. The summed E-state index contributed by atoms with van der Waals surface area (Å²) in [6.07, 6.45) is 0. The highest BCUT2D eigenvalue weighted by Crippen LogP contribution is 2.22. The molecular weight excluding hydrogens is 347 g/mol. The molecule has 2 aromatic rings. The SMILES string of the molecule is NCc1cccc(S(=O)(=O)Nc2ccc(Br)c(F)c2)c1. The van der Waals surface area contributed by atoms with Gasteiger partial charge in [0.25, 0.3) is 10.0 Å². The fourth-order valence-electron chi connectivity index (χ4n) is 1.61. The molecule has 2 rings (SSSR count). The highest BCUT2D eigenvalue weighted by molar-refractivity contribution is 9.10. The van der Waals surface area contributed by atoms with E-state index < -0.39 is 15.8 Å². The lowest BCUT2D eigenvalue weighted by Crippen LogP contribution is -2.13. The number of hydrogen-bond acceptors (Lipinski definition) is 3. The normalized spacial score (nSPS) is 11.3. The number of nitrogens with one attached hydrogen (secondary N) is 1. The first-order valence-electron chi connectivity index (χ1n) is 5.69. The zero-order valence-electron chi connectivity index (χ0n) is 10.3. The van der Waals surface area contributed by atoms with Crippen LogP contribution in [0, 0.1) is 5.82 Å². The van der Waals surface area contributed by atoms with Crippen LogP contribution in [0.4, 0.5) is 10.1 Å². The first kappa shape index (κ1) is 15.0. The van der Waals surface area contributed by atoms with Crippen LogP contribution < -0.4 is 10.5 Å². The van der Waals surface area contributed by atoms with Crippen LogP contribution in [0.3, 0.4) is 0 Å². The molecular formula is C13H12BrFN2O2S. The zero-order valence-corrected chi connectivity index (χ0v) is 12.7. The van der Waals surface area contributed by atoms with Crippen LogP contribution in [-0.2, 0) is 16.6 Å². The number of sulfonamides is 1. The summed E-state index contributed by atoms with van der Waals surface area (Å²) in [4.78, 5) is 0.0868. The van der Waals surface area contributed by atoms with E-state index in [9.17, 15) is 12.8 Å². The Morgan fingerprint density at radius 3 is 2.60 bits per heavy atom. The maximum atomic E-state index is 13.4. The van der Waals surface area contributed by atoms with Crippen molar-refractivity contribution in [3.05, 3.63) is 58.3 Å². The average molecular weight is 359 g/mol. The molecule has 20 heavy (non-hydrogen) atoms. The van der Waals surface area contributed by atoms with Crippen LogP contribution in [0.15, 0.2) is 51.8 Å². The minimum atomic E-state index is -3.76. The van der Waals surface area contributed by atoms with E-state index in [2.05, 4.69) is 20.7 Å². The Kier molecular flexibility index (Phi) is 4.42. The lowest BCUT2D eigenvalue weighted by molar-refractivity contribution is 0.601. The minimum absolute atomic E-state index is 0.0868. The van der Waals surface area contributed by atoms with E-state index in [1.54, 1.807) is 12.1 Å². The summed E-state index contributed by atoms with van der Waals surface area (Å²) < 4.78 is 40.3. The predicted molar refractivity (Wildman–Crippen MR) is 79.2 cm³/mol. The van der Waals surface area contributed by atoms with Crippen LogP contribution in [0.25, 0.3) is 0 Å². The van der Waals surface area contributed by atoms with Gasteiger partial charge in [-0.05, 0) is 51.8 Å². The van der Waals surface area contributed by atoms with Crippen molar-refractivity contribution in [2.24, 2.45) is 5.73 Å². The molecule has 2 aromatic carbocycles. The third kappa shape index (κ3) is 3.36. The van der Waals surface area contributed by atoms with Gasteiger partial charge in [0.2, 0.25) is 0 Å². The van der Waals surface area contributed by atoms with Gasteiger partial charge in [0.1, 0.15) is 5.82 Å². The second kappa shape index (κ2) is 5.90. The van der Waals surface area contributed by atoms with E-state index in [-0.39, 0.29) is 21.6 Å². The van der Waals surface area contributed by atoms with E-state index >= 15 is 0 Å². The van der Waals surface area contributed by atoms with Gasteiger partial charge < -0.3 is 5.73 Å². The maximum absolute atomic E-state index is 13.4. The van der Waals surface area contributed by atoms with Crippen molar-refractivity contribution in [1.29, 1.82) is 0 Å². The van der Waals surface area contributed by atoms with Crippen LogP contribution in [0.1, 0.15) is 5.56 Å². The van der Waals surface area contributed by atoms with Gasteiger partial charge in [0.05, 0.1) is 15.1 Å². The highest BCUT2D eigenvalue weighted by atomic mass is 79.9. The third-order valence-corrected chi connectivity index (χ3v) is 4.64. The van der Waals surface area contributed by atoms with Crippen molar-refractivity contribution >= 4 is 31.6 Å². The number of anilines is 1. The smallest absolute Gasteiger partial charge is 0.261 e. The Bertz CT molecular complexity index is 735. The molecule has 0 aliphatic heterocycles. The van der Waals surface area contributed by atoms with Crippen molar-refractivity contribution < 1.29 is 12.8 Å². The highest BCUT2D eigenvalue weighted by Gasteiger charge is 2.15. The van der Waals surface area contributed by atoms with Crippen molar-refractivity contribution in [2.75, 3.05) is 4.72 Å². The fraction of sp³-hybridized carbons (Fsp3) is 0.0769. The molecule has 0 unspecified atom stereocenters. The van der Waals surface area contributed by atoms with Gasteiger partial charge in [-0.1, -0.05) is 12.1 Å². The van der Waals surface area contributed by atoms with Gasteiger partial charge in [0.15, 0.2) is 0 Å². The summed E-state index contributed by atoms with van der Waals surface area (Å²) in [5.41, 5.74) is 6.34. The van der Waals surface area contributed by atoms with Crippen molar-refractivity contribution in [3.8, 4) is 0 Å². The summed E-state index contributed by atoms with van der Waals surface area (Å²) in [6, 6.07) is 10.3. The monoisotopic (exact) mass is 358 g/mol. The summed E-state index contributed by atoms with van der Waals surface area (Å²) >= 11 is 3.01. The van der Waals surface area contributed by atoms with Gasteiger partial charge in [-0.25, -0.2) is 12.8 Å². The van der Waals surface area contributed by atoms with E-state index in [0.717, 1.165) is 6.07 Å². The quantitative estimate of drug-likeness (QED) is 0.882. The lowest BCUT2D eigenvalue weighted by Gasteiger charge is -2.09. The number of halogens is 2. The van der Waals surface area contributed by atoms with Gasteiger partial charge in [0, 0.05) is 6.54 Å². The molecule has 106 valence electrons. The predicted octanol–water partition coefficient (Wildman–Crippen LogP) is 2.85.